The third kappa shape index (κ3) is 12.3. The van der Waals surface area contributed by atoms with Crippen LogP contribution in [0.3, 0.4) is 0 Å². The van der Waals surface area contributed by atoms with Crippen LogP contribution in [0.5, 0.6) is 17.2 Å². The summed E-state index contributed by atoms with van der Waals surface area (Å²) >= 11 is 0. The Morgan fingerprint density at radius 2 is 1.32 bits per heavy atom. The molecular formula is C32H47Cl2N3O3. The minimum Gasteiger partial charge on any atom is -0.497 e. The number of benzene rings is 2. The number of nitrogens with one attached hydrogen (secondary N) is 2. The first-order valence-electron chi connectivity index (χ1n) is 13.9. The zero-order chi connectivity index (χ0) is 26.8. The van der Waals surface area contributed by atoms with E-state index in [0.29, 0.717) is 0 Å². The fourth-order valence-electron chi connectivity index (χ4n) is 4.75. The van der Waals surface area contributed by atoms with E-state index in [0.717, 1.165) is 69.1 Å². The molecule has 8 heteroatoms. The van der Waals surface area contributed by atoms with Gasteiger partial charge in [0.2, 0.25) is 0 Å². The molecule has 2 aromatic carbocycles. The largest absolute Gasteiger partial charge is 0.497 e. The Kier molecular flexibility index (Phi) is 18.9. The van der Waals surface area contributed by atoms with Gasteiger partial charge in [-0.15, -0.1) is 24.8 Å². The Morgan fingerprint density at radius 3 is 1.98 bits per heavy atom. The van der Waals surface area contributed by atoms with Crippen LogP contribution in [-0.4, -0.2) is 52.5 Å². The molecule has 6 nitrogen and oxygen atoms in total. The van der Waals surface area contributed by atoms with Crippen molar-refractivity contribution < 1.29 is 14.2 Å². The van der Waals surface area contributed by atoms with Crippen molar-refractivity contribution in [2.24, 2.45) is 0 Å². The van der Waals surface area contributed by atoms with Crippen LogP contribution < -0.4 is 24.8 Å². The van der Waals surface area contributed by atoms with Crippen LogP contribution >= 0.6 is 24.8 Å². The molecule has 40 heavy (non-hydrogen) atoms. The normalized spacial score (nSPS) is 10.4. The molecule has 222 valence electrons. The van der Waals surface area contributed by atoms with Gasteiger partial charge in [-0.05, 0) is 112 Å². The molecule has 0 unspecified atom stereocenters. The molecule has 0 aliphatic rings. The minimum absolute atomic E-state index is 0. The van der Waals surface area contributed by atoms with E-state index in [1.165, 1.54) is 47.9 Å². The Morgan fingerprint density at radius 1 is 0.625 bits per heavy atom. The summed E-state index contributed by atoms with van der Waals surface area (Å²) < 4.78 is 16.8. The molecule has 3 aromatic rings. The lowest BCUT2D eigenvalue weighted by atomic mass is 9.96. The van der Waals surface area contributed by atoms with Gasteiger partial charge in [-0.2, -0.15) is 0 Å². The fraction of sp³-hybridized carbons (Fsp3) is 0.469. The number of nitrogens with zero attached hydrogens (tertiary/aromatic N) is 1. The third-order valence-electron chi connectivity index (χ3n) is 6.91. The number of ether oxygens (including phenoxy) is 3. The van der Waals surface area contributed by atoms with E-state index < -0.39 is 0 Å². The van der Waals surface area contributed by atoms with Crippen molar-refractivity contribution in [3.63, 3.8) is 0 Å². The molecule has 0 saturated carbocycles. The highest BCUT2D eigenvalue weighted by Gasteiger charge is 2.15. The van der Waals surface area contributed by atoms with Gasteiger partial charge in [-0.3, -0.25) is 4.98 Å². The van der Waals surface area contributed by atoms with Crippen molar-refractivity contribution in [3.8, 4) is 17.2 Å². The van der Waals surface area contributed by atoms with Gasteiger partial charge in [0.25, 0.3) is 0 Å². The number of halogens is 2. The summed E-state index contributed by atoms with van der Waals surface area (Å²) in [5.74, 6) is 2.53. The van der Waals surface area contributed by atoms with Gasteiger partial charge in [-0.1, -0.05) is 31.0 Å². The summed E-state index contributed by atoms with van der Waals surface area (Å²) in [5.41, 5.74) is 5.14. The number of methoxy groups -OCH3 is 3. The Hall–Kier alpha value is -2.51. The van der Waals surface area contributed by atoms with Gasteiger partial charge in [0, 0.05) is 18.0 Å². The standard InChI is InChI=1S/C32H45N3O3.2ClH/c1-36-29-10-8-9-27(25-29)11-13-30-28(12-14-31(37-2)32(30)38-3)18-24-34-20-7-5-4-6-19-33-21-15-26-16-22-35-23-17-26;;/h8-10,12,14,16-17,22-23,25,33-34H,4-7,11,13,15,18-21,24H2,1-3H3;2*1H. The highest BCUT2D eigenvalue weighted by Crippen LogP contribution is 2.34. The number of aryl methyl sites for hydroxylation is 1. The average molecular weight is 593 g/mol. The summed E-state index contributed by atoms with van der Waals surface area (Å²) in [6.07, 6.45) is 12.5. The van der Waals surface area contributed by atoms with Crippen LogP contribution in [0.2, 0.25) is 0 Å². The van der Waals surface area contributed by atoms with E-state index in [1.807, 2.05) is 30.6 Å². The van der Waals surface area contributed by atoms with Crippen LogP contribution in [0.1, 0.15) is 47.9 Å². The zero-order valence-corrected chi connectivity index (χ0v) is 25.9. The molecule has 1 aromatic heterocycles. The molecule has 0 bridgehead atoms. The predicted octanol–water partition coefficient (Wildman–Crippen LogP) is 6.26. The molecule has 0 atom stereocenters. The molecule has 0 radical (unpaired) electrons. The molecule has 0 saturated heterocycles. The molecule has 0 spiro atoms. The molecule has 2 N–H and O–H groups in total. The van der Waals surface area contributed by atoms with Gasteiger partial charge in [-0.25, -0.2) is 0 Å². The van der Waals surface area contributed by atoms with Gasteiger partial charge < -0.3 is 24.8 Å². The summed E-state index contributed by atoms with van der Waals surface area (Å²) in [7, 11) is 5.13. The molecule has 0 fully saturated rings. The lowest BCUT2D eigenvalue weighted by molar-refractivity contribution is 0.351. The van der Waals surface area contributed by atoms with E-state index in [9.17, 15) is 0 Å². The Balaban J connectivity index is 0.00000400. The van der Waals surface area contributed by atoms with E-state index in [4.69, 9.17) is 14.2 Å². The Bertz CT molecular complexity index is 1070. The second-order valence-corrected chi connectivity index (χ2v) is 9.56. The zero-order valence-electron chi connectivity index (χ0n) is 24.2. The number of unbranched alkanes of at least 4 members (excludes halogenated alkanes) is 3. The molecule has 0 aliphatic carbocycles. The quantitative estimate of drug-likeness (QED) is 0.160. The monoisotopic (exact) mass is 591 g/mol. The molecule has 0 amide bonds. The molecule has 3 rings (SSSR count). The van der Waals surface area contributed by atoms with Crippen molar-refractivity contribution in [1.82, 2.24) is 15.6 Å². The average Bonchev–Trinajstić information content (AvgIpc) is 2.97. The van der Waals surface area contributed by atoms with Crippen LogP contribution in [0.15, 0.2) is 60.9 Å². The van der Waals surface area contributed by atoms with E-state index in [-0.39, 0.29) is 24.8 Å². The molecule has 0 aliphatic heterocycles. The van der Waals surface area contributed by atoms with Gasteiger partial charge in [0.1, 0.15) is 5.75 Å². The first kappa shape index (κ1) is 35.5. The summed E-state index contributed by atoms with van der Waals surface area (Å²) in [4.78, 5) is 4.07. The van der Waals surface area contributed by atoms with Gasteiger partial charge in [0.15, 0.2) is 11.5 Å². The number of hydrogen-bond acceptors (Lipinski definition) is 6. The third-order valence-corrected chi connectivity index (χ3v) is 6.91. The highest BCUT2D eigenvalue weighted by molar-refractivity contribution is 5.85. The van der Waals surface area contributed by atoms with Crippen LogP contribution in [-0.2, 0) is 25.7 Å². The second-order valence-electron chi connectivity index (χ2n) is 9.56. The first-order valence-corrected chi connectivity index (χ1v) is 13.9. The lowest BCUT2D eigenvalue weighted by Crippen LogP contribution is -2.20. The minimum atomic E-state index is 0. The number of aromatic nitrogens is 1. The van der Waals surface area contributed by atoms with Gasteiger partial charge >= 0.3 is 0 Å². The topological polar surface area (TPSA) is 64.6 Å². The van der Waals surface area contributed by atoms with Crippen molar-refractivity contribution >= 4 is 24.8 Å². The maximum atomic E-state index is 5.79. The lowest BCUT2D eigenvalue weighted by Gasteiger charge is -2.17. The van der Waals surface area contributed by atoms with E-state index >= 15 is 0 Å². The van der Waals surface area contributed by atoms with E-state index in [1.54, 1.807) is 21.3 Å². The van der Waals surface area contributed by atoms with Crippen molar-refractivity contribution in [2.75, 3.05) is 47.5 Å². The number of hydrogen-bond donors (Lipinski definition) is 2. The van der Waals surface area contributed by atoms with E-state index in [2.05, 4.69) is 45.9 Å². The van der Waals surface area contributed by atoms with Crippen molar-refractivity contribution in [2.45, 2.75) is 51.4 Å². The first-order chi connectivity index (χ1) is 18.7. The summed E-state index contributed by atoms with van der Waals surface area (Å²) in [6.45, 7) is 4.14. The second kappa shape index (κ2) is 21.3. The summed E-state index contributed by atoms with van der Waals surface area (Å²) in [5, 5.41) is 7.19. The van der Waals surface area contributed by atoms with Crippen molar-refractivity contribution in [3.05, 3.63) is 83.2 Å². The maximum absolute atomic E-state index is 5.79. The highest BCUT2D eigenvalue weighted by atomic mass is 35.5. The SMILES string of the molecule is COc1cccc(CCc2c(CCNCCCCCCNCCc3ccncc3)ccc(OC)c2OC)c1.Cl.Cl. The van der Waals surface area contributed by atoms with Crippen LogP contribution in [0.25, 0.3) is 0 Å². The molecule has 1 heterocycles. The smallest absolute Gasteiger partial charge is 0.164 e. The number of rotatable bonds is 19. The summed E-state index contributed by atoms with van der Waals surface area (Å²) in [6, 6.07) is 16.7. The Labute approximate surface area is 253 Å². The predicted molar refractivity (Wildman–Crippen MR) is 170 cm³/mol. The fourth-order valence-corrected chi connectivity index (χ4v) is 4.75. The van der Waals surface area contributed by atoms with Gasteiger partial charge in [0.05, 0.1) is 21.3 Å². The van der Waals surface area contributed by atoms with Crippen LogP contribution in [0, 0.1) is 0 Å². The van der Waals surface area contributed by atoms with Crippen molar-refractivity contribution in [1.29, 1.82) is 0 Å². The van der Waals surface area contributed by atoms with Crippen LogP contribution in [0.4, 0.5) is 0 Å². The maximum Gasteiger partial charge on any atom is 0.164 e. The number of pyridine rings is 1. The molecular weight excluding hydrogens is 545 g/mol.